The van der Waals surface area contributed by atoms with Crippen molar-refractivity contribution in [2.24, 2.45) is 0 Å². The largest absolute Gasteiger partial charge is 0.492 e. The molecule has 4 aromatic rings. The quantitative estimate of drug-likeness (QED) is 0.326. The number of aromatic nitrogens is 3. The first-order valence-electron chi connectivity index (χ1n) is 12.2. The number of nitrogens with zero attached hydrogens (tertiary/aromatic N) is 2. The molecule has 3 aromatic heterocycles. The molecule has 0 spiro atoms. The number of para-hydroxylation sites is 1. The number of aromatic amines is 1. The maximum Gasteiger partial charge on any atom is 0.255 e. The normalized spacial score (nSPS) is 19.5. The molecule has 4 bridgehead atoms. The Morgan fingerprint density at radius 2 is 1.97 bits per heavy atom. The van der Waals surface area contributed by atoms with Crippen LogP contribution in [0.15, 0.2) is 54.7 Å². The molecule has 2 aliphatic heterocycles. The van der Waals surface area contributed by atoms with Gasteiger partial charge in [0.15, 0.2) is 11.6 Å². The lowest BCUT2D eigenvalue weighted by molar-refractivity contribution is 0.0941. The molecule has 8 nitrogen and oxygen atoms in total. The number of nitrogens with one attached hydrogen (secondary N) is 3. The third-order valence-electron chi connectivity index (χ3n) is 7.03. The highest BCUT2D eigenvalue weighted by Gasteiger charge is 2.33. The van der Waals surface area contributed by atoms with E-state index in [1.807, 2.05) is 18.2 Å². The van der Waals surface area contributed by atoms with Gasteiger partial charge < -0.3 is 25.1 Å². The van der Waals surface area contributed by atoms with E-state index in [1.165, 1.54) is 13.2 Å². The van der Waals surface area contributed by atoms with Crippen LogP contribution in [0.3, 0.4) is 0 Å². The van der Waals surface area contributed by atoms with Crippen LogP contribution in [0.4, 0.5) is 15.8 Å². The molecule has 37 heavy (non-hydrogen) atoms. The second-order valence-corrected chi connectivity index (χ2v) is 9.15. The van der Waals surface area contributed by atoms with Crippen LogP contribution >= 0.6 is 0 Å². The first-order chi connectivity index (χ1) is 18.1. The molecule has 2 atom stereocenters. The molecule has 6 rings (SSSR count). The van der Waals surface area contributed by atoms with Gasteiger partial charge in [-0.25, -0.2) is 9.37 Å². The predicted molar refractivity (Wildman–Crippen MR) is 139 cm³/mol. The highest BCUT2D eigenvalue weighted by molar-refractivity contribution is 6.08. The zero-order chi connectivity index (χ0) is 25.5. The second kappa shape index (κ2) is 9.33. The lowest BCUT2D eigenvalue weighted by atomic mass is 9.93. The number of hydrogen-bond acceptors (Lipinski definition) is 6. The van der Waals surface area contributed by atoms with E-state index in [9.17, 15) is 9.18 Å². The standard InChI is InChI=1S/C28H26FN5O3/c1-36-21-9-4-3-6-15-14-31-28(35)22-23(15)34-25(16-12-13-30-19-11-10-18(21)32-24(16)19)26(22)33-20-8-5-7-17(29)27(20)37-2/h3-5,7-8,10-13,15,21,33-34H,6,9,14H2,1-2H3,(H,31,35)/b4-3-/t15-,21+/m1/s1. The Balaban J connectivity index is 1.64. The molecule has 0 radical (unpaired) electrons. The lowest BCUT2D eigenvalue weighted by Gasteiger charge is -2.23. The van der Waals surface area contributed by atoms with Crippen molar-refractivity contribution in [3.8, 4) is 17.0 Å². The van der Waals surface area contributed by atoms with Crippen LogP contribution in [0.2, 0.25) is 0 Å². The average molecular weight is 500 g/mol. The van der Waals surface area contributed by atoms with E-state index in [0.717, 1.165) is 23.4 Å². The summed E-state index contributed by atoms with van der Waals surface area (Å²) in [6, 6.07) is 10.4. The smallest absolute Gasteiger partial charge is 0.255 e. The van der Waals surface area contributed by atoms with E-state index >= 15 is 0 Å². The molecule has 0 aliphatic carbocycles. The minimum absolute atomic E-state index is 0.0304. The van der Waals surface area contributed by atoms with Crippen LogP contribution in [0, 0.1) is 5.82 Å². The first-order valence-corrected chi connectivity index (χ1v) is 12.2. The first kappa shape index (κ1) is 23.2. The SMILES string of the molecule is COc1c(F)cccc1Nc1c2[nH]c3c1C(=O)NC[C@H]3C/C=C\C[C@H](OC)c1ccc3nccc-2c3n1. The van der Waals surface area contributed by atoms with Gasteiger partial charge in [0.1, 0.15) is 6.10 Å². The maximum absolute atomic E-state index is 14.6. The number of hydrogen-bond donors (Lipinski definition) is 3. The number of halogens is 1. The zero-order valence-corrected chi connectivity index (χ0v) is 20.5. The number of amides is 1. The van der Waals surface area contributed by atoms with Gasteiger partial charge in [-0.3, -0.25) is 9.78 Å². The van der Waals surface area contributed by atoms with Crippen LogP contribution in [-0.4, -0.2) is 41.6 Å². The molecular weight excluding hydrogens is 473 g/mol. The van der Waals surface area contributed by atoms with Crippen LogP contribution in [-0.2, 0) is 4.74 Å². The number of allylic oxidation sites excluding steroid dienone is 1. The molecule has 1 aromatic carbocycles. The van der Waals surface area contributed by atoms with Crippen LogP contribution in [0.1, 0.15) is 46.6 Å². The molecule has 0 fully saturated rings. The van der Waals surface area contributed by atoms with E-state index in [-0.39, 0.29) is 23.7 Å². The van der Waals surface area contributed by atoms with Crippen LogP contribution < -0.4 is 15.4 Å². The lowest BCUT2D eigenvalue weighted by Crippen LogP contribution is -2.34. The fraction of sp³-hybridized carbons (Fsp3) is 0.250. The van der Waals surface area contributed by atoms with Crippen LogP contribution in [0.5, 0.6) is 5.75 Å². The third kappa shape index (κ3) is 3.92. The number of pyridine rings is 2. The number of fused-ring (bicyclic) bond motifs is 3. The van der Waals surface area contributed by atoms with Crippen molar-refractivity contribution in [1.82, 2.24) is 20.3 Å². The summed E-state index contributed by atoms with van der Waals surface area (Å²) in [6.45, 7) is 0.504. The number of methoxy groups -OCH3 is 2. The molecule has 9 heteroatoms. The van der Waals surface area contributed by atoms with Gasteiger partial charge in [0.25, 0.3) is 5.91 Å². The van der Waals surface area contributed by atoms with E-state index in [2.05, 4.69) is 32.8 Å². The van der Waals surface area contributed by atoms with Gasteiger partial charge in [0, 0.05) is 37.0 Å². The van der Waals surface area contributed by atoms with Gasteiger partial charge in [-0.1, -0.05) is 18.2 Å². The number of ether oxygens (including phenoxy) is 2. The Bertz CT molecular complexity index is 1550. The highest BCUT2D eigenvalue weighted by atomic mass is 19.1. The molecule has 2 aliphatic rings. The minimum Gasteiger partial charge on any atom is -0.492 e. The predicted octanol–water partition coefficient (Wildman–Crippen LogP) is 5.38. The van der Waals surface area contributed by atoms with Gasteiger partial charge >= 0.3 is 0 Å². The fourth-order valence-corrected chi connectivity index (χ4v) is 5.18. The molecule has 5 heterocycles. The summed E-state index contributed by atoms with van der Waals surface area (Å²) in [6.07, 6.45) is 7.13. The topological polar surface area (TPSA) is 101 Å². The van der Waals surface area contributed by atoms with Crippen molar-refractivity contribution < 1.29 is 18.7 Å². The molecule has 0 saturated carbocycles. The summed E-state index contributed by atoms with van der Waals surface area (Å²) >= 11 is 0. The van der Waals surface area contributed by atoms with Crippen molar-refractivity contribution in [2.45, 2.75) is 24.9 Å². The molecule has 188 valence electrons. The summed E-state index contributed by atoms with van der Waals surface area (Å²) in [5.74, 6) is -0.604. The fourth-order valence-electron chi connectivity index (χ4n) is 5.18. The maximum atomic E-state index is 14.6. The average Bonchev–Trinajstić information content (AvgIpc) is 3.29. The number of carbonyl (C=O) groups excluding carboxylic acids is 1. The van der Waals surface area contributed by atoms with Gasteiger partial charge in [-0.2, -0.15) is 0 Å². The summed E-state index contributed by atoms with van der Waals surface area (Å²) in [4.78, 5) is 26.3. The van der Waals surface area contributed by atoms with Crippen LogP contribution in [0.25, 0.3) is 22.3 Å². The van der Waals surface area contributed by atoms with Gasteiger partial charge in [-0.15, -0.1) is 0 Å². The number of H-pyrrole nitrogens is 1. The zero-order valence-electron chi connectivity index (χ0n) is 20.5. The van der Waals surface area contributed by atoms with E-state index < -0.39 is 5.82 Å². The van der Waals surface area contributed by atoms with E-state index in [1.54, 1.807) is 25.4 Å². The van der Waals surface area contributed by atoms with Crippen molar-refractivity contribution in [2.75, 3.05) is 26.1 Å². The summed E-state index contributed by atoms with van der Waals surface area (Å²) in [7, 11) is 3.10. The Kier molecular flexibility index (Phi) is 5.84. The van der Waals surface area contributed by atoms with Crippen molar-refractivity contribution in [1.29, 1.82) is 0 Å². The summed E-state index contributed by atoms with van der Waals surface area (Å²) in [5, 5.41) is 6.34. The summed E-state index contributed by atoms with van der Waals surface area (Å²) in [5.41, 5.74) is 5.89. The van der Waals surface area contributed by atoms with Crippen molar-refractivity contribution in [3.63, 3.8) is 0 Å². The molecule has 3 N–H and O–H groups in total. The second-order valence-electron chi connectivity index (χ2n) is 9.15. The number of rotatable bonds is 4. The number of carbonyl (C=O) groups is 1. The Morgan fingerprint density at radius 1 is 1.11 bits per heavy atom. The molecular formula is C28H26FN5O3. The highest BCUT2D eigenvalue weighted by Crippen LogP contribution is 2.43. The summed E-state index contributed by atoms with van der Waals surface area (Å²) < 4.78 is 25.7. The Morgan fingerprint density at radius 3 is 2.81 bits per heavy atom. The molecule has 0 saturated heterocycles. The molecule has 0 unspecified atom stereocenters. The molecule has 1 amide bonds. The number of benzene rings is 1. The van der Waals surface area contributed by atoms with E-state index in [4.69, 9.17) is 14.5 Å². The van der Waals surface area contributed by atoms with Crippen molar-refractivity contribution in [3.05, 3.63) is 77.5 Å². The van der Waals surface area contributed by atoms with Gasteiger partial charge in [-0.05, 0) is 43.2 Å². The minimum atomic E-state index is -0.501. The number of anilines is 2. The van der Waals surface area contributed by atoms with Gasteiger partial charge in [0.05, 0.1) is 46.5 Å². The monoisotopic (exact) mass is 499 g/mol. The van der Waals surface area contributed by atoms with Crippen molar-refractivity contribution >= 4 is 28.3 Å². The Hall–Kier alpha value is -4.24. The Labute approximate surface area is 212 Å². The third-order valence-corrected chi connectivity index (χ3v) is 7.03. The van der Waals surface area contributed by atoms with E-state index in [0.29, 0.717) is 46.6 Å². The van der Waals surface area contributed by atoms with Gasteiger partial charge in [0.2, 0.25) is 0 Å².